The Morgan fingerprint density at radius 1 is 1.40 bits per heavy atom. The van der Waals surface area contributed by atoms with Crippen LogP contribution in [0.1, 0.15) is 41.6 Å². The zero-order valence-corrected chi connectivity index (χ0v) is 13.1. The average Bonchev–Trinajstić information content (AvgIpc) is 2.76. The fourth-order valence-corrected chi connectivity index (χ4v) is 2.73. The van der Waals surface area contributed by atoms with Crippen LogP contribution in [0.4, 0.5) is 0 Å². The number of hydrogen-bond donors (Lipinski definition) is 0. The van der Waals surface area contributed by atoms with Crippen LogP contribution in [-0.2, 0) is 0 Å². The summed E-state index contributed by atoms with van der Waals surface area (Å²) in [5.41, 5.74) is 0.692. The van der Waals surface area contributed by atoms with E-state index in [1.807, 2.05) is 27.0 Å². The number of carbonyl (C=O) groups is 1. The molecular formula is C16H26N2O2. The number of furan rings is 1. The molecule has 0 atom stereocenters. The molecule has 0 aliphatic carbocycles. The molecule has 0 saturated carbocycles. The molecule has 0 bridgehead atoms. The minimum absolute atomic E-state index is 0.0599. The summed E-state index contributed by atoms with van der Waals surface area (Å²) in [4.78, 5) is 16.6. The van der Waals surface area contributed by atoms with Crippen LogP contribution >= 0.6 is 0 Å². The standard InChI is InChI=1S/C16H26N2O2/c1-12-5-7-18(8-6-12)10-9-17(4)16(19)15-11-13(2)20-14(15)3/h11-12H,5-10H2,1-4H3. The van der Waals surface area contributed by atoms with Gasteiger partial charge in [-0.15, -0.1) is 0 Å². The summed E-state index contributed by atoms with van der Waals surface area (Å²) in [6.07, 6.45) is 2.55. The lowest BCUT2D eigenvalue weighted by Crippen LogP contribution is -2.40. The van der Waals surface area contributed by atoms with Crippen molar-refractivity contribution in [2.24, 2.45) is 5.92 Å². The van der Waals surface area contributed by atoms with Gasteiger partial charge in [-0.3, -0.25) is 4.79 Å². The van der Waals surface area contributed by atoms with Crippen LogP contribution in [0.3, 0.4) is 0 Å². The fraction of sp³-hybridized carbons (Fsp3) is 0.688. The van der Waals surface area contributed by atoms with Crippen molar-refractivity contribution in [3.05, 3.63) is 23.2 Å². The van der Waals surface area contributed by atoms with E-state index >= 15 is 0 Å². The van der Waals surface area contributed by atoms with Crippen LogP contribution in [0.5, 0.6) is 0 Å². The van der Waals surface area contributed by atoms with Gasteiger partial charge in [-0.25, -0.2) is 0 Å². The molecule has 0 N–H and O–H groups in total. The Labute approximate surface area is 121 Å². The van der Waals surface area contributed by atoms with Gasteiger partial charge in [0.05, 0.1) is 5.56 Å². The van der Waals surface area contributed by atoms with Gasteiger partial charge in [-0.05, 0) is 51.8 Å². The highest BCUT2D eigenvalue weighted by atomic mass is 16.3. The van der Waals surface area contributed by atoms with E-state index in [0.717, 1.165) is 37.9 Å². The summed E-state index contributed by atoms with van der Waals surface area (Å²) in [6, 6.07) is 1.83. The number of amides is 1. The lowest BCUT2D eigenvalue weighted by Gasteiger charge is -2.31. The highest BCUT2D eigenvalue weighted by Gasteiger charge is 2.20. The van der Waals surface area contributed by atoms with Crippen molar-refractivity contribution >= 4 is 5.91 Å². The molecule has 0 unspecified atom stereocenters. The highest BCUT2D eigenvalue weighted by Crippen LogP contribution is 2.17. The normalized spacial score (nSPS) is 17.4. The third-order valence-electron chi connectivity index (χ3n) is 4.25. The first-order valence-electron chi connectivity index (χ1n) is 7.52. The topological polar surface area (TPSA) is 36.7 Å². The van der Waals surface area contributed by atoms with E-state index in [1.165, 1.54) is 12.8 Å². The van der Waals surface area contributed by atoms with E-state index in [1.54, 1.807) is 4.90 Å². The summed E-state index contributed by atoms with van der Waals surface area (Å²) >= 11 is 0. The molecule has 1 amide bonds. The van der Waals surface area contributed by atoms with Gasteiger partial charge >= 0.3 is 0 Å². The van der Waals surface area contributed by atoms with Crippen molar-refractivity contribution in [2.45, 2.75) is 33.6 Å². The molecule has 1 aliphatic rings. The van der Waals surface area contributed by atoms with Crippen molar-refractivity contribution < 1.29 is 9.21 Å². The predicted octanol–water partition coefficient (Wildman–Crippen LogP) is 2.70. The maximum atomic E-state index is 12.4. The Hall–Kier alpha value is -1.29. The summed E-state index contributed by atoms with van der Waals surface area (Å²) in [6.45, 7) is 10.1. The highest BCUT2D eigenvalue weighted by molar-refractivity contribution is 5.95. The summed E-state index contributed by atoms with van der Waals surface area (Å²) < 4.78 is 5.43. The SMILES string of the molecule is Cc1cc(C(=O)N(C)CCN2CCC(C)CC2)c(C)o1. The Balaban J connectivity index is 1.84. The summed E-state index contributed by atoms with van der Waals surface area (Å²) in [7, 11) is 1.87. The molecule has 1 fully saturated rings. The first-order valence-corrected chi connectivity index (χ1v) is 7.52. The third-order valence-corrected chi connectivity index (χ3v) is 4.25. The molecule has 0 spiro atoms. The number of likely N-dealkylation sites (tertiary alicyclic amines) is 1. The molecule has 1 aromatic rings. The van der Waals surface area contributed by atoms with Crippen molar-refractivity contribution in [3.63, 3.8) is 0 Å². The minimum Gasteiger partial charge on any atom is -0.466 e. The number of piperidine rings is 1. The lowest BCUT2D eigenvalue weighted by atomic mass is 9.99. The van der Waals surface area contributed by atoms with Gasteiger partial charge in [0.15, 0.2) is 0 Å². The van der Waals surface area contributed by atoms with Gasteiger partial charge in [0, 0.05) is 20.1 Å². The summed E-state index contributed by atoms with van der Waals surface area (Å²) in [5, 5.41) is 0. The van der Waals surface area contributed by atoms with Gasteiger partial charge in [0.1, 0.15) is 11.5 Å². The van der Waals surface area contributed by atoms with Crippen molar-refractivity contribution in [1.82, 2.24) is 9.80 Å². The molecule has 1 saturated heterocycles. The maximum absolute atomic E-state index is 12.4. The monoisotopic (exact) mass is 278 g/mol. The maximum Gasteiger partial charge on any atom is 0.257 e. The van der Waals surface area contributed by atoms with E-state index < -0.39 is 0 Å². The molecule has 1 aliphatic heterocycles. The first-order chi connectivity index (χ1) is 9.47. The van der Waals surface area contributed by atoms with Crippen molar-refractivity contribution in [2.75, 3.05) is 33.2 Å². The van der Waals surface area contributed by atoms with Crippen molar-refractivity contribution in [1.29, 1.82) is 0 Å². The second-order valence-electron chi connectivity index (χ2n) is 6.08. The molecule has 0 aromatic carbocycles. The van der Waals surface area contributed by atoms with E-state index in [9.17, 15) is 4.79 Å². The molecule has 112 valence electrons. The van der Waals surface area contributed by atoms with Crippen LogP contribution in [0.25, 0.3) is 0 Å². The minimum atomic E-state index is 0.0599. The zero-order chi connectivity index (χ0) is 14.7. The quantitative estimate of drug-likeness (QED) is 0.849. The predicted molar refractivity (Wildman–Crippen MR) is 80.0 cm³/mol. The second-order valence-corrected chi connectivity index (χ2v) is 6.08. The molecule has 1 aromatic heterocycles. The van der Waals surface area contributed by atoms with Gasteiger partial charge in [0.2, 0.25) is 0 Å². The zero-order valence-electron chi connectivity index (χ0n) is 13.1. The molecular weight excluding hydrogens is 252 g/mol. The van der Waals surface area contributed by atoms with Crippen LogP contribution in [0.2, 0.25) is 0 Å². The van der Waals surface area contributed by atoms with Gasteiger partial charge in [-0.2, -0.15) is 0 Å². The van der Waals surface area contributed by atoms with E-state index in [2.05, 4.69) is 11.8 Å². The van der Waals surface area contributed by atoms with Gasteiger partial charge < -0.3 is 14.2 Å². The molecule has 2 heterocycles. The van der Waals surface area contributed by atoms with E-state index in [0.29, 0.717) is 11.3 Å². The fourth-order valence-electron chi connectivity index (χ4n) is 2.73. The molecule has 20 heavy (non-hydrogen) atoms. The van der Waals surface area contributed by atoms with Crippen LogP contribution < -0.4 is 0 Å². The Morgan fingerprint density at radius 2 is 2.05 bits per heavy atom. The van der Waals surface area contributed by atoms with Crippen LogP contribution in [0.15, 0.2) is 10.5 Å². The van der Waals surface area contributed by atoms with Gasteiger partial charge in [0.25, 0.3) is 5.91 Å². The van der Waals surface area contributed by atoms with E-state index in [-0.39, 0.29) is 5.91 Å². The molecule has 4 nitrogen and oxygen atoms in total. The average molecular weight is 278 g/mol. The van der Waals surface area contributed by atoms with Crippen LogP contribution in [-0.4, -0.2) is 48.9 Å². The number of hydrogen-bond acceptors (Lipinski definition) is 3. The van der Waals surface area contributed by atoms with E-state index in [4.69, 9.17) is 4.42 Å². The number of rotatable bonds is 4. The summed E-state index contributed by atoms with van der Waals surface area (Å²) in [5.74, 6) is 2.42. The lowest BCUT2D eigenvalue weighted by molar-refractivity contribution is 0.0766. The molecule has 4 heteroatoms. The number of carbonyl (C=O) groups excluding carboxylic acids is 1. The Morgan fingerprint density at radius 3 is 2.60 bits per heavy atom. The first kappa shape index (κ1) is 15.1. The number of likely N-dealkylation sites (N-methyl/N-ethyl adjacent to an activating group) is 1. The van der Waals surface area contributed by atoms with Gasteiger partial charge in [-0.1, -0.05) is 6.92 Å². The smallest absolute Gasteiger partial charge is 0.257 e. The Kier molecular flexibility index (Phi) is 4.86. The van der Waals surface area contributed by atoms with Crippen LogP contribution in [0, 0.1) is 19.8 Å². The Bertz CT molecular complexity index is 459. The molecule has 2 rings (SSSR count). The largest absolute Gasteiger partial charge is 0.466 e. The van der Waals surface area contributed by atoms with Crippen molar-refractivity contribution in [3.8, 4) is 0 Å². The second kappa shape index (κ2) is 6.44. The number of nitrogens with zero attached hydrogens (tertiary/aromatic N) is 2. The third kappa shape index (κ3) is 3.63. The number of aryl methyl sites for hydroxylation is 2. The molecule has 0 radical (unpaired) electrons.